The van der Waals surface area contributed by atoms with E-state index in [2.05, 4.69) is 13.0 Å². The van der Waals surface area contributed by atoms with E-state index in [4.69, 9.17) is 0 Å². The maximum Gasteiger partial charge on any atom is 0.453 e. The normalized spacial score (nSPS) is 30.1. The van der Waals surface area contributed by atoms with Crippen LogP contribution in [0.5, 0.6) is 5.75 Å². The highest BCUT2D eigenvalue weighted by Crippen LogP contribution is 2.75. The Labute approximate surface area is 255 Å². The number of phenolic OH excluding ortho intramolecular Hbond substituents is 1. The van der Waals surface area contributed by atoms with Gasteiger partial charge in [-0.15, -0.1) is 0 Å². The van der Waals surface area contributed by atoms with Gasteiger partial charge in [-0.2, -0.15) is 22.0 Å². The molecule has 0 aromatic heterocycles. The summed E-state index contributed by atoms with van der Waals surface area (Å²) in [6.45, 7) is 2.41. The van der Waals surface area contributed by atoms with Crippen molar-refractivity contribution >= 4 is 16.6 Å². The Morgan fingerprint density at radius 1 is 0.907 bits per heavy atom. The highest BCUT2D eigenvalue weighted by Gasteiger charge is 2.71. The zero-order chi connectivity index (χ0) is 31.0. The lowest BCUT2D eigenvalue weighted by atomic mass is 9.50. The molecule has 0 bridgehead atoms. The van der Waals surface area contributed by atoms with E-state index in [1.165, 1.54) is 11.1 Å². The number of benzene rings is 1. The minimum atomic E-state index is -5.55. The third-order valence-electron chi connectivity index (χ3n) is 11.8. The summed E-state index contributed by atoms with van der Waals surface area (Å²) in [6, 6.07) is 5.91. The largest absolute Gasteiger partial charge is 0.508 e. The number of carbonyl (C=O) groups excluding carboxylic acids is 1. The minimum absolute atomic E-state index is 0.0448. The molecule has 242 valence electrons. The van der Waals surface area contributed by atoms with Gasteiger partial charge in [-0.3, -0.25) is 9.00 Å². The van der Waals surface area contributed by atoms with Gasteiger partial charge in [0, 0.05) is 40.6 Å². The van der Waals surface area contributed by atoms with Crippen LogP contribution in [0.25, 0.3) is 0 Å². The standard InChI is InChI=1S/C34H47F5O3S/c1-31-15-13-27-26-12-11-25(40)21-24(26)20-23(30(27)28(31)22-29(41)32(31)16-17-32)10-7-5-3-2-4-6-8-18-43(42)19-9-14-33(35,36)34(37,38)39/h11-12,21,23,27-28,30,40H,2-10,13-20,22H2,1H3/t23-,27?,28?,30?,31+,43?/m1/s1. The first-order valence-electron chi connectivity index (χ1n) is 16.4. The first-order chi connectivity index (χ1) is 20.3. The van der Waals surface area contributed by atoms with Gasteiger partial charge in [0.1, 0.15) is 11.5 Å². The fourth-order valence-corrected chi connectivity index (χ4v) is 10.5. The molecule has 9 heteroatoms. The summed E-state index contributed by atoms with van der Waals surface area (Å²) in [5.41, 5.74) is 2.77. The number of alkyl halides is 5. The number of ketones is 1. The van der Waals surface area contributed by atoms with E-state index in [1.54, 1.807) is 0 Å². The summed E-state index contributed by atoms with van der Waals surface area (Å²) < 4.78 is 74.7. The smallest absolute Gasteiger partial charge is 0.453 e. The number of rotatable bonds is 14. The number of Topliss-reactive ketones (excluding diaryl/α,β-unsaturated/α-hetero) is 1. The molecule has 6 atom stereocenters. The molecule has 0 heterocycles. The van der Waals surface area contributed by atoms with Crippen LogP contribution in [-0.4, -0.2) is 38.7 Å². The fraction of sp³-hybridized carbons (Fsp3) is 0.794. The van der Waals surface area contributed by atoms with Gasteiger partial charge in [-0.1, -0.05) is 51.5 Å². The van der Waals surface area contributed by atoms with Crippen LogP contribution in [-0.2, 0) is 22.0 Å². The Kier molecular flexibility index (Phi) is 9.71. The van der Waals surface area contributed by atoms with Crippen molar-refractivity contribution in [2.45, 2.75) is 128 Å². The summed E-state index contributed by atoms with van der Waals surface area (Å²) in [7, 11) is -1.36. The summed E-state index contributed by atoms with van der Waals surface area (Å²) in [5.74, 6) is -1.65. The second kappa shape index (κ2) is 12.7. The second-order valence-corrected chi connectivity index (χ2v) is 15.9. The number of unbranched alkanes of at least 4 members (excludes halogenated alkanes) is 6. The van der Waals surface area contributed by atoms with Gasteiger partial charge in [-0.25, -0.2) is 0 Å². The maximum atomic E-state index is 13.2. The van der Waals surface area contributed by atoms with E-state index in [0.717, 1.165) is 83.5 Å². The van der Waals surface area contributed by atoms with Crippen LogP contribution in [0.2, 0.25) is 0 Å². The van der Waals surface area contributed by atoms with Crippen LogP contribution in [0.15, 0.2) is 18.2 Å². The molecule has 4 aliphatic rings. The number of halogens is 5. The van der Waals surface area contributed by atoms with E-state index >= 15 is 0 Å². The molecule has 4 aliphatic carbocycles. The first-order valence-corrected chi connectivity index (χ1v) is 17.9. The number of aromatic hydroxyl groups is 1. The van der Waals surface area contributed by atoms with Crippen molar-refractivity contribution in [2.24, 2.45) is 28.6 Å². The molecule has 0 aliphatic heterocycles. The van der Waals surface area contributed by atoms with Crippen molar-refractivity contribution in [3.8, 4) is 5.75 Å². The monoisotopic (exact) mass is 630 g/mol. The Morgan fingerprint density at radius 3 is 2.23 bits per heavy atom. The Hall–Kier alpha value is -1.51. The predicted molar refractivity (Wildman–Crippen MR) is 159 cm³/mol. The molecule has 0 saturated heterocycles. The van der Waals surface area contributed by atoms with Gasteiger partial charge in [-0.05, 0) is 104 Å². The van der Waals surface area contributed by atoms with Crippen LogP contribution in [0.4, 0.5) is 22.0 Å². The van der Waals surface area contributed by atoms with Crippen molar-refractivity contribution in [2.75, 3.05) is 11.5 Å². The highest BCUT2D eigenvalue weighted by atomic mass is 32.2. The predicted octanol–water partition coefficient (Wildman–Crippen LogP) is 9.28. The topological polar surface area (TPSA) is 54.4 Å². The molecule has 1 aromatic carbocycles. The summed E-state index contributed by atoms with van der Waals surface area (Å²) in [6.07, 6.45) is 7.01. The van der Waals surface area contributed by atoms with Crippen molar-refractivity contribution in [3.05, 3.63) is 29.3 Å². The van der Waals surface area contributed by atoms with E-state index < -0.39 is 35.7 Å². The lowest BCUT2D eigenvalue weighted by Gasteiger charge is -2.53. The first kappa shape index (κ1) is 32.9. The quantitative estimate of drug-likeness (QED) is 0.165. The summed E-state index contributed by atoms with van der Waals surface area (Å²) in [4.78, 5) is 13.2. The summed E-state index contributed by atoms with van der Waals surface area (Å²) in [5, 5.41) is 10.2. The van der Waals surface area contributed by atoms with Gasteiger partial charge in [0.25, 0.3) is 0 Å². The number of hydrogen-bond donors (Lipinski definition) is 1. The fourth-order valence-electron chi connectivity index (χ4n) is 9.30. The Morgan fingerprint density at radius 2 is 1.56 bits per heavy atom. The highest BCUT2D eigenvalue weighted by molar-refractivity contribution is 7.84. The third-order valence-corrected chi connectivity index (χ3v) is 13.3. The van der Waals surface area contributed by atoms with Gasteiger partial charge in [0.15, 0.2) is 0 Å². The molecule has 43 heavy (non-hydrogen) atoms. The lowest BCUT2D eigenvalue weighted by Crippen LogP contribution is -2.46. The van der Waals surface area contributed by atoms with E-state index in [9.17, 15) is 36.1 Å². The van der Waals surface area contributed by atoms with E-state index in [1.807, 2.05) is 12.1 Å². The number of phenols is 1. The van der Waals surface area contributed by atoms with E-state index in [0.29, 0.717) is 47.4 Å². The number of carbonyl (C=O) groups is 1. The molecule has 4 unspecified atom stereocenters. The van der Waals surface area contributed by atoms with Gasteiger partial charge < -0.3 is 5.11 Å². The maximum absolute atomic E-state index is 13.2. The zero-order valence-electron chi connectivity index (χ0n) is 25.3. The molecule has 5 rings (SSSR count). The van der Waals surface area contributed by atoms with Crippen LogP contribution in [0, 0.1) is 28.6 Å². The van der Waals surface area contributed by atoms with E-state index in [-0.39, 0.29) is 16.6 Å². The van der Waals surface area contributed by atoms with Gasteiger partial charge in [0.2, 0.25) is 0 Å². The van der Waals surface area contributed by atoms with Gasteiger partial charge in [0.05, 0.1) is 0 Å². The molecule has 1 aromatic rings. The zero-order valence-corrected chi connectivity index (χ0v) is 26.1. The van der Waals surface area contributed by atoms with Crippen LogP contribution in [0.3, 0.4) is 0 Å². The molecule has 3 fully saturated rings. The van der Waals surface area contributed by atoms with Crippen LogP contribution >= 0.6 is 0 Å². The average molecular weight is 631 g/mol. The van der Waals surface area contributed by atoms with Crippen LogP contribution < -0.4 is 0 Å². The number of hydrogen-bond acceptors (Lipinski definition) is 3. The van der Waals surface area contributed by atoms with Crippen LogP contribution in [0.1, 0.15) is 120 Å². The molecule has 1 spiro atoms. The third kappa shape index (κ3) is 6.58. The second-order valence-electron chi connectivity index (χ2n) is 14.2. The minimum Gasteiger partial charge on any atom is -0.508 e. The molecule has 3 nitrogen and oxygen atoms in total. The molecule has 0 radical (unpaired) electrons. The molecule has 3 saturated carbocycles. The van der Waals surface area contributed by atoms with Crippen molar-refractivity contribution in [1.29, 1.82) is 0 Å². The van der Waals surface area contributed by atoms with Crippen molar-refractivity contribution in [1.82, 2.24) is 0 Å². The SMILES string of the molecule is C[C@]12CCC3c4ccc(O)cc4C[C@@H](CCCCCCCCCS(=O)CCCC(F)(F)C(F)(F)F)C3C1CC(=O)C21CC1. The molecule has 0 amide bonds. The summed E-state index contributed by atoms with van der Waals surface area (Å²) >= 11 is 0. The van der Waals surface area contributed by atoms with Gasteiger partial charge >= 0.3 is 12.1 Å². The molecular formula is C34H47F5O3S. The Bertz CT molecular complexity index is 1180. The Balaban J connectivity index is 1.04. The average Bonchev–Trinajstić information content (AvgIpc) is 3.72. The van der Waals surface area contributed by atoms with Crippen molar-refractivity contribution < 1.29 is 36.1 Å². The molecule has 1 N–H and O–H groups in total. The van der Waals surface area contributed by atoms with Crippen molar-refractivity contribution in [3.63, 3.8) is 0 Å². The number of fused-ring (bicyclic) bond motifs is 6. The molecular weight excluding hydrogens is 583 g/mol. The lowest BCUT2D eigenvalue weighted by molar-refractivity contribution is -0.284.